The van der Waals surface area contributed by atoms with E-state index in [1.807, 2.05) is 0 Å². The van der Waals surface area contributed by atoms with Gasteiger partial charge in [0.05, 0.1) is 0 Å². The molecule has 0 saturated heterocycles. The van der Waals surface area contributed by atoms with Crippen molar-refractivity contribution in [1.82, 2.24) is 0 Å². The number of allylic oxidation sites excluding steroid dienone is 1. The summed E-state index contributed by atoms with van der Waals surface area (Å²) in [6.45, 7) is 2.21. The topological polar surface area (TPSA) is 0 Å². The smallest absolute Gasteiger partial charge is 0.00700 e. The van der Waals surface area contributed by atoms with E-state index in [-0.39, 0.29) is 0 Å². The van der Waals surface area contributed by atoms with Crippen molar-refractivity contribution in [3.8, 4) is 11.1 Å². The molecular formula is C20H16. The monoisotopic (exact) mass is 256 g/mol. The molecule has 0 saturated carbocycles. The van der Waals surface area contributed by atoms with Gasteiger partial charge in [-0.3, -0.25) is 0 Å². The van der Waals surface area contributed by atoms with E-state index < -0.39 is 0 Å². The summed E-state index contributed by atoms with van der Waals surface area (Å²) in [7, 11) is 0. The highest BCUT2D eigenvalue weighted by Crippen LogP contribution is 2.37. The standard InChI is InChI=1S/C20H16/c1-14-12-13-16-6-2-3-9-18(16)20(14)19-11-5-8-15-7-4-10-17(15)19/h2-6,8-13H,7H2,1H3. The van der Waals surface area contributed by atoms with E-state index in [1.165, 1.54) is 38.6 Å². The third-order valence-electron chi connectivity index (χ3n) is 4.23. The molecule has 0 aliphatic heterocycles. The first-order valence-electron chi connectivity index (χ1n) is 7.12. The Balaban J connectivity index is 2.11. The van der Waals surface area contributed by atoms with Gasteiger partial charge in [0.1, 0.15) is 0 Å². The fraction of sp³-hybridized carbons (Fsp3) is 0.100. The molecule has 3 aromatic rings. The Labute approximate surface area is 119 Å². The summed E-state index contributed by atoms with van der Waals surface area (Å²) < 4.78 is 0. The third kappa shape index (κ3) is 1.61. The van der Waals surface area contributed by atoms with Gasteiger partial charge in [-0.05, 0) is 51.9 Å². The highest BCUT2D eigenvalue weighted by Gasteiger charge is 2.14. The van der Waals surface area contributed by atoms with Crippen LogP contribution in [0.3, 0.4) is 0 Å². The average Bonchev–Trinajstić information content (AvgIpc) is 2.96. The Morgan fingerprint density at radius 2 is 1.75 bits per heavy atom. The predicted molar refractivity (Wildman–Crippen MR) is 86.9 cm³/mol. The average molecular weight is 256 g/mol. The normalized spacial score (nSPS) is 12.8. The Morgan fingerprint density at radius 1 is 0.850 bits per heavy atom. The minimum absolute atomic E-state index is 1.06. The molecule has 0 heterocycles. The van der Waals surface area contributed by atoms with Crippen molar-refractivity contribution in [3.63, 3.8) is 0 Å². The zero-order valence-electron chi connectivity index (χ0n) is 11.6. The maximum atomic E-state index is 2.27. The molecule has 1 aliphatic carbocycles. The molecule has 0 unspecified atom stereocenters. The lowest BCUT2D eigenvalue weighted by Crippen LogP contribution is -1.91. The van der Waals surface area contributed by atoms with Crippen molar-refractivity contribution in [2.45, 2.75) is 13.3 Å². The van der Waals surface area contributed by atoms with Crippen LogP contribution in [0.1, 0.15) is 16.7 Å². The van der Waals surface area contributed by atoms with Gasteiger partial charge in [-0.1, -0.05) is 66.7 Å². The van der Waals surface area contributed by atoms with Gasteiger partial charge in [0.2, 0.25) is 0 Å². The summed E-state index contributed by atoms with van der Waals surface area (Å²) in [6, 6.07) is 19.8. The first-order chi connectivity index (χ1) is 9.84. The first-order valence-corrected chi connectivity index (χ1v) is 7.12. The number of fused-ring (bicyclic) bond motifs is 2. The minimum Gasteiger partial charge on any atom is -0.0795 e. The molecule has 96 valence electrons. The molecule has 1 aliphatic rings. The number of hydrogen-bond acceptors (Lipinski definition) is 0. The van der Waals surface area contributed by atoms with Gasteiger partial charge in [-0.15, -0.1) is 0 Å². The van der Waals surface area contributed by atoms with E-state index in [0.29, 0.717) is 0 Å². The highest BCUT2D eigenvalue weighted by molar-refractivity contribution is 6.00. The van der Waals surface area contributed by atoms with Crippen LogP contribution in [0.25, 0.3) is 28.0 Å². The second-order valence-corrected chi connectivity index (χ2v) is 5.46. The van der Waals surface area contributed by atoms with E-state index in [0.717, 1.165) is 6.42 Å². The summed E-state index contributed by atoms with van der Waals surface area (Å²) in [5.41, 5.74) is 6.93. The number of rotatable bonds is 1. The molecule has 0 aromatic heterocycles. The molecule has 0 spiro atoms. The summed E-state index contributed by atoms with van der Waals surface area (Å²) in [4.78, 5) is 0. The van der Waals surface area contributed by atoms with Crippen molar-refractivity contribution >= 4 is 16.8 Å². The summed E-state index contributed by atoms with van der Waals surface area (Å²) in [5.74, 6) is 0. The van der Waals surface area contributed by atoms with Crippen LogP contribution in [0.15, 0.2) is 60.7 Å². The van der Waals surface area contributed by atoms with Crippen LogP contribution in [0, 0.1) is 6.92 Å². The van der Waals surface area contributed by atoms with Gasteiger partial charge in [-0.2, -0.15) is 0 Å². The molecular weight excluding hydrogens is 240 g/mol. The molecule has 0 radical (unpaired) electrons. The van der Waals surface area contributed by atoms with Crippen molar-refractivity contribution < 1.29 is 0 Å². The number of benzene rings is 3. The van der Waals surface area contributed by atoms with Gasteiger partial charge in [0, 0.05) is 0 Å². The minimum atomic E-state index is 1.06. The van der Waals surface area contributed by atoms with Crippen LogP contribution in [-0.4, -0.2) is 0 Å². The molecule has 0 heteroatoms. The molecule has 20 heavy (non-hydrogen) atoms. The maximum Gasteiger partial charge on any atom is -0.00700 e. The molecule has 0 nitrogen and oxygen atoms in total. The highest BCUT2D eigenvalue weighted by atomic mass is 14.2. The van der Waals surface area contributed by atoms with Crippen LogP contribution in [0.2, 0.25) is 0 Å². The van der Waals surface area contributed by atoms with E-state index >= 15 is 0 Å². The second kappa shape index (κ2) is 4.35. The second-order valence-electron chi connectivity index (χ2n) is 5.46. The molecule has 4 rings (SSSR count). The Bertz CT molecular complexity index is 838. The molecule has 0 bridgehead atoms. The fourth-order valence-electron chi connectivity index (χ4n) is 3.25. The number of hydrogen-bond donors (Lipinski definition) is 0. The van der Waals surface area contributed by atoms with E-state index in [2.05, 4.69) is 73.7 Å². The Morgan fingerprint density at radius 3 is 2.70 bits per heavy atom. The van der Waals surface area contributed by atoms with Crippen molar-refractivity contribution in [2.75, 3.05) is 0 Å². The Hall–Kier alpha value is -2.34. The molecule has 3 aromatic carbocycles. The van der Waals surface area contributed by atoms with Crippen molar-refractivity contribution in [3.05, 3.63) is 77.4 Å². The largest absolute Gasteiger partial charge is 0.0795 e. The van der Waals surface area contributed by atoms with Crippen molar-refractivity contribution in [1.29, 1.82) is 0 Å². The lowest BCUT2D eigenvalue weighted by Gasteiger charge is -2.14. The SMILES string of the molecule is Cc1ccc2ccccc2c1-c1cccc2c1C=CC2. The fourth-order valence-corrected chi connectivity index (χ4v) is 3.25. The quantitative estimate of drug-likeness (QED) is 0.548. The van der Waals surface area contributed by atoms with Crippen LogP contribution < -0.4 is 0 Å². The summed E-state index contributed by atoms with van der Waals surface area (Å²) in [5, 5.41) is 2.66. The molecule has 0 atom stereocenters. The van der Waals surface area contributed by atoms with Crippen molar-refractivity contribution in [2.24, 2.45) is 0 Å². The maximum absolute atomic E-state index is 2.27. The van der Waals surface area contributed by atoms with Gasteiger partial charge in [0.15, 0.2) is 0 Å². The zero-order chi connectivity index (χ0) is 13.5. The zero-order valence-corrected chi connectivity index (χ0v) is 11.6. The van der Waals surface area contributed by atoms with Crippen LogP contribution in [0.5, 0.6) is 0 Å². The molecule has 0 N–H and O–H groups in total. The number of aryl methyl sites for hydroxylation is 1. The third-order valence-corrected chi connectivity index (χ3v) is 4.23. The lowest BCUT2D eigenvalue weighted by atomic mass is 9.90. The van der Waals surface area contributed by atoms with Crippen LogP contribution >= 0.6 is 0 Å². The Kier molecular flexibility index (Phi) is 2.50. The lowest BCUT2D eigenvalue weighted by molar-refractivity contribution is 1.31. The first kappa shape index (κ1) is 11.5. The van der Waals surface area contributed by atoms with E-state index in [1.54, 1.807) is 0 Å². The molecule has 0 fully saturated rings. The van der Waals surface area contributed by atoms with Crippen LogP contribution in [0.4, 0.5) is 0 Å². The van der Waals surface area contributed by atoms with Crippen LogP contribution in [-0.2, 0) is 6.42 Å². The summed E-state index contributed by atoms with van der Waals surface area (Å²) >= 11 is 0. The van der Waals surface area contributed by atoms with Gasteiger partial charge >= 0.3 is 0 Å². The van der Waals surface area contributed by atoms with E-state index in [9.17, 15) is 0 Å². The predicted octanol–water partition coefficient (Wildman–Crippen LogP) is 5.38. The summed E-state index contributed by atoms with van der Waals surface area (Å²) in [6.07, 6.45) is 5.59. The van der Waals surface area contributed by atoms with Gasteiger partial charge < -0.3 is 0 Å². The van der Waals surface area contributed by atoms with Gasteiger partial charge in [0.25, 0.3) is 0 Å². The van der Waals surface area contributed by atoms with E-state index in [4.69, 9.17) is 0 Å². The van der Waals surface area contributed by atoms with Gasteiger partial charge in [-0.25, -0.2) is 0 Å². The molecule has 0 amide bonds.